The Kier molecular flexibility index (Phi) is 7.72. The molecular formula is C26H22FN3O2S2. The molecular weight excluding hydrogens is 469 g/mol. The second kappa shape index (κ2) is 11.1. The van der Waals surface area contributed by atoms with Gasteiger partial charge in [0.25, 0.3) is 0 Å². The van der Waals surface area contributed by atoms with Crippen molar-refractivity contribution in [3.63, 3.8) is 0 Å². The van der Waals surface area contributed by atoms with Crippen molar-refractivity contribution in [2.24, 2.45) is 0 Å². The van der Waals surface area contributed by atoms with Crippen molar-refractivity contribution in [1.82, 2.24) is 4.98 Å². The maximum atomic E-state index is 13.1. The first-order valence-electron chi connectivity index (χ1n) is 10.6. The van der Waals surface area contributed by atoms with Gasteiger partial charge in [-0.2, -0.15) is 0 Å². The number of carbonyl (C=O) groups is 2. The molecule has 1 aromatic heterocycles. The maximum absolute atomic E-state index is 13.1. The van der Waals surface area contributed by atoms with Gasteiger partial charge in [-0.1, -0.05) is 30.3 Å². The van der Waals surface area contributed by atoms with E-state index in [0.717, 1.165) is 16.0 Å². The fraction of sp³-hybridized carbons (Fsp3) is 0.115. The average Bonchev–Trinajstić information content (AvgIpc) is 3.30. The normalized spacial score (nSPS) is 11.6. The third-order valence-electron chi connectivity index (χ3n) is 4.90. The fourth-order valence-corrected chi connectivity index (χ4v) is 4.74. The molecule has 4 rings (SSSR count). The van der Waals surface area contributed by atoms with Gasteiger partial charge in [0.2, 0.25) is 11.8 Å². The number of anilines is 2. The van der Waals surface area contributed by atoms with Gasteiger partial charge < -0.3 is 10.6 Å². The number of aromatic nitrogens is 1. The van der Waals surface area contributed by atoms with E-state index in [1.54, 1.807) is 12.1 Å². The Morgan fingerprint density at radius 3 is 2.38 bits per heavy atom. The van der Waals surface area contributed by atoms with E-state index in [2.05, 4.69) is 15.6 Å². The van der Waals surface area contributed by atoms with Crippen molar-refractivity contribution in [3.8, 4) is 11.3 Å². The third kappa shape index (κ3) is 6.52. The van der Waals surface area contributed by atoms with Crippen LogP contribution in [0.3, 0.4) is 0 Å². The summed E-state index contributed by atoms with van der Waals surface area (Å²) in [6, 6.07) is 23.0. The van der Waals surface area contributed by atoms with Gasteiger partial charge in [-0.3, -0.25) is 9.59 Å². The molecule has 0 spiro atoms. The van der Waals surface area contributed by atoms with Crippen LogP contribution >= 0.6 is 23.1 Å². The molecule has 8 heteroatoms. The summed E-state index contributed by atoms with van der Waals surface area (Å²) in [6.45, 7) is 1.82. The largest absolute Gasteiger partial charge is 0.326 e. The van der Waals surface area contributed by atoms with E-state index in [0.29, 0.717) is 22.9 Å². The zero-order valence-electron chi connectivity index (χ0n) is 18.3. The van der Waals surface area contributed by atoms with Crippen LogP contribution in [0.2, 0.25) is 0 Å². The lowest BCUT2D eigenvalue weighted by molar-refractivity contribution is -0.116. The van der Waals surface area contributed by atoms with E-state index in [1.165, 1.54) is 35.2 Å². The first-order chi connectivity index (χ1) is 16.5. The molecule has 2 N–H and O–H groups in total. The molecule has 0 aliphatic rings. The zero-order chi connectivity index (χ0) is 23.9. The number of rotatable bonds is 8. The Hall–Kier alpha value is -3.49. The SMILES string of the molecule is CC(Sc1ccc(NC(=O)Cc2ccccc2)cc1)C(=O)Nc1nc(-c2ccc(F)cc2)cs1. The van der Waals surface area contributed by atoms with Gasteiger partial charge in [-0.25, -0.2) is 9.37 Å². The molecule has 2 amide bonds. The van der Waals surface area contributed by atoms with Gasteiger partial charge >= 0.3 is 0 Å². The minimum Gasteiger partial charge on any atom is -0.326 e. The van der Waals surface area contributed by atoms with Crippen LogP contribution in [0, 0.1) is 5.82 Å². The van der Waals surface area contributed by atoms with E-state index in [9.17, 15) is 14.0 Å². The number of nitrogens with one attached hydrogen (secondary N) is 2. The summed E-state index contributed by atoms with van der Waals surface area (Å²) in [7, 11) is 0. The van der Waals surface area contributed by atoms with Gasteiger partial charge in [0, 0.05) is 21.5 Å². The first-order valence-corrected chi connectivity index (χ1v) is 12.3. The summed E-state index contributed by atoms with van der Waals surface area (Å²) in [5, 5.41) is 7.70. The minimum absolute atomic E-state index is 0.0807. The van der Waals surface area contributed by atoms with Crippen molar-refractivity contribution in [2.75, 3.05) is 10.6 Å². The van der Waals surface area contributed by atoms with E-state index >= 15 is 0 Å². The highest BCUT2D eigenvalue weighted by molar-refractivity contribution is 8.00. The Bertz CT molecular complexity index is 1260. The van der Waals surface area contributed by atoms with Gasteiger partial charge in [-0.15, -0.1) is 23.1 Å². The van der Waals surface area contributed by atoms with Crippen LogP contribution in [0.4, 0.5) is 15.2 Å². The van der Waals surface area contributed by atoms with E-state index < -0.39 is 0 Å². The molecule has 0 aliphatic heterocycles. The van der Waals surface area contributed by atoms with Crippen molar-refractivity contribution in [3.05, 3.63) is 95.6 Å². The minimum atomic E-state index is -0.350. The number of hydrogen-bond acceptors (Lipinski definition) is 5. The number of carbonyl (C=O) groups excluding carboxylic acids is 2. The van der Waals surface area contributed by atoms with Crippen LogP contribution in [0.15, 0.2) is 89.1 Å². The fourth-order valence-electron chi connectivity index (χ4n) is 3.15. The highest BCUT2D eigenvalue weighted by Crippen LogP contribution is 2.28. The van der Waals surface area contributed by atoms with Crippen LogP contribution in [-0.2, 0) is 16.0 Å². The Morgan fingerprint density at radius 1 is 0.971 bits per heavy atom. The lowest BCUT2D eigenvalue weighted by Gasteiger charge is -2.11. The first kappa shape index (κ1) is 23.7. The maximum Gasteiger partial charge on any atom is 0.239 e. The Morgan fingerprint density at radius 2 is 1.68 bits per heavy atom. The van der Waals surface area contributed by atoms with Crippen LogP contribution < -0.4 is 10.6 Å². The van der Waals surface area contributed by atoms with Crippen LogP contribution in [-0.4, -0.2) is 22.0 Å². The summed E-state index contributed by atoms with van der Waals surface area (Å²) in [5.74, 6) is -0.547. The van der Waals surface area contributed by atoms with Crippen molar-refractivity contribution < 1.29 is 14.0 Å². The van der Waals surface area contributed by atoms with Gasteiger partial charge in [0.1, 0.15) is 5.82 Å². The van der Waals surface area contributed by atoms with Gasteiger partial charge in [0.15, 0.2) is 5.13 Å². The zero-order valence-corrected chi connectivity index (χ0v) is 20.0. The number of thiazole rings is 1. The molecule has 4 aromatic rings. The summed E-state index contributed by atoms with van der Waals surface area (Å²) in [4.78, 5) is 30.2. The quantitative estimate of drug-likeness (QED) is 0.286. The molecule has 0 bridgehead atoms. The second-order valence-electron chi connectivity index (χ2n) is 7.53. The molecule has 0 radical (unpaired) electrons. The molecule has 0 saturated heterocycles. The average molecular weight is 492 g/mol. The molecule has 0 aliphatic carbocycles. The van der Waals surface area contributed by atoms with Crippen molar-refractivity contribution in [2.45, 2.75) is 23.5 Å². The summed E-state index contributed by atoms with van der Waals surface area (Å²) in [6.07, 6.45) is 0.314. The lowest BCUT2D eigenvalue weighted by Crippen LogP contribution is -2.22. The molecule has 3 aromatic carbocycles. The summed E-state index contributed by atoms with van der Waals surface area (Å²) < 4.78 is 13.1. The number of thioether (sulfide) groups is 1. The Balaban J connectivity index is 1.28. The van der Waals surface area contributed by atoms with Crippen LogP contribution in [0.25, 0.3) is 11.3 Å². The molecule has 0 fully saturated rings. The highest BCUT2D eigenvalue weighted by atomic mass is 32.2. The Labute approximate surface area is 205 Å². The topological polar surface area (TPSA) is 71.1 Å². The molecule has 1 atom stereocenters. The molecule has 1 unspecified atom stereocenters. The van der Waals surface area contributed by atoms with Gasteiger partial charge in [0.05, 0.1) is 17.4 Å². The number of nitrogens with zero attached hydrogens (tertiary/aromatic N) is 1. The standard InChI is InChI=1S/C26H22FN3O2S2/c1-17(25(32)30-26-29-23(16-33-26)19-7-9-20(27)10-8-19)34-22-13-11-21(12-14-22)28-24(31)15-18-5-3-2-4-6-18/h2-14,16-17H,15H2,1H3,(H,28,31)(H,29,30,32). The third-order valence-corrected chi connectivity index (χ3v) is 6.77. The van der Waals surface area contributed by atoms with Crippen LogP contribution in [0.1, 0.15) is 12.5 Å². The summed E-state index contributed by atoms with van der Waals surface area (Å²) in [5.41, 5.74) is 3.14. The van der Waals surface area contributed by atoms with E-state index in [1.807, 2.05) is 66.9 Å². The molecule has 1 heterocycles. The number of amides is 2. The van der Waals surface area contributed by atoms with E-state index in [4.69, 9.17) is 0 Å². The molecule has 34 heavy (non-hydrogen) atoms. The second-order valence-corrected chi connectivity index (χ2v) is 9.80. The van der Waals surface area contributed by atoms with Crippen molar-refractivity contribution >= 4 is 45.7 Å². The number of hydrogen-bond donors (Lipinski definition) is 2. The molecule has 0 saturated carbocycles. The highest BCUT2D eigenvalue weighted by Gasteiger charge is 2.16. The lowest BCUT2D eigenvalue weighted by atomic mass is 10.1. The smallest absolute Gasteiger partial charge is 0.239 e. The molecule has 5 nitrogen and oxygen atoms in total. The monoisotopic (exact) mass is 491 g/mol. The van der Waals surface area contributed by atoms with Crippen LogP contribution in [0.5, 0.6) is 0 Å². The summed E-state index contributed by atoms with van der Waals surface area (Å²) >= 11 is 2.74. The van der Waals surface area contributed by atoms with Gasteiger partial charge in [-0.05, 0) is 61.0 Å². The number of halogens is 1. The predicted molar refractivity (Wildman–Crippen MR) is 137 cm³/mol. The van der Waals surface area contributed by atoms with E-state index in [-0.39, 0.29) is 22.9 Å². The molecule has 172 valence electrons. The predicted octanol–water partition coefficient (Wildman–Crippen LogP) is 6.25. The number of benzene rings is 3. The van der Waals surface area contributed by atoms with Crippen molar-refractivity contribution in [1.29, 1.82) is 0 Å².